The Morgan fingerprint density at radius 3 is 2.79 bits per heavy atom. The topological polar surface area (TPSA) is 108 Å². The number of para-hydroxylation sites is 2. The van der Waals surface area contributed by atoms with E-state index in [0.717, 1.165) is 12.1 Å². The van der Waals surface area contributed by atoms with Crippen molar-refractivity contribution >= 4 is 11.6 Å². The number of rotatable bonds is 8. The molecule has 3 rings (SSSR count). The van der Waals surface area contributed by atoms with E-state index in [1.54, 1.807) is 47.2 Å². The van der Waals surface area contributed by atoms with Gasteiger partial charge in [-0.1, -0.05) is 12.1 Å². The van der Waals surface area contributed by atoms with Gasteiger partial charge in [-0.2, -0.15) is 10.2 Å². The summed E-state index contributed by atoms with van der Waals surface area (Å²) >= 11 is 0. The highest BCUT2D eigenvalue weighted by atomic mass is 16.6. The third-order valence-corrected chi connectivity index (χ3v) is 4.05. The smallest absolute Gasteiger partial charge is 0.311 e. The van der Waals surface area contributed by atoms with Gasteiger partial charge in [0, 0.05) is 44.2 Å². The van der Waals surface area contributed by atoms with Crippen molar-refractivity contribution in [3.05, 3.63) is 70.3 Å². The SMILES string of the molecule is CCn1cc(CN(C)C(=O)c2ccn(COc3ccccc3[N+](=O)[O-])n2)cn1. The molecule has 0 aliphatic heterocycles. The minimum absolute atomic E-state index is 0.0505. The fraction of sp³-hybridized carbons (Fsp3) is 0.278. The lowest BCUT2D eigenvalue weighted by Gasteiger charge is -2.14. The van der Waals surface area contributed by atoms with Crippen molar-refractivity contribution < 1.29 is 14.5 Å². The number of nitro benzene ring substituents is 1. The molecule has 0 atom stereocenters. The summed E-state index contributed by atoms with van der Waals surface area (Å²) in [5, 5.41) is 19.4. The Balaban J connectivity index is 1.61. The highest BCUT2D eigenvalue weighted by molar-refractivity contribution is 5.91. The zero-order chi connectivity index (χ0) is 20.1. The maximum Gasteiger partial charge on any atom is 0.311 e. The summed E-state index contributed by atoms with van der Waals surface area (Å²) in [6.07, 6.45) is 5.21. The Hall–Kier alpha value is -3.69. The number of ether oxygens (including phenoxy) is 1. The molecule has 10 heteroatoms. The van der Waals surface area contributed by atoms with Crippen LogP contribution in [0.3, 0.4) is 0 Å². The van der Waals surface area contributed by atoms with Crippen LogP contribution in [0.1, 0.15) is 23.0 Å². The first-order valence-electron chi connectivity index (χ1n) is 8.64. The normalized spacial score (nSPS) is 10.6. The molecule has 3 aromatic rings. The van der Waals surface area contributed by atoms with Gasteiger partial charge < -0.3 is 9.64 Å². The van der Waals surface area contributed by atoms with Crippen LogP contribution in [-0.2, 0) is 19.8 Å². The molecule has 0 aliphatic carbocycles. The zero-order valence-corrected chi connectivity index (χ0v) is 15.6. The summed E-state index contributed by atoms with van der Waals surface area (Å²) < 4.78 is 8.68. The van der Waals surface area contributed by atoms with E-state index >= 15 is 0 Å². The second kappa shape index (κ2) is 8.33. The van der Waals surface area contributed by atoms with E-state index in [2.05, 4.69) is 10.2 Å². The summed E-state index contributed by atoms with van der Waals surface area (Å²) in [7, 11) is 1.69. The minimum Gasteiger partial charge on any atom is -0.464 e. The van der Waals surface area contributed by atoms with Gasteiger partial charge in [-0.15, -0.1) is 0 Å². The Bertz CT molecular complexity index is 980. The van der Waals surface area contributed by atoms with Crippen molar-refractivity contribution in [2.75, 3.05) is 7.05 Å². The van der Waals surface area contributed by atoms with Crippen LogP contribution in [0.25, 0.3) is 0 Å². The van der Waals surface area contributed by atoms with E-state index in [9.17, 15) is 14.9 Å². The van der Waals surface area contributed by atoms with Gasteiger partial charge in [0.2, 0.25) is 0 Å². The maximum atomic E-state index is 12.5. The van der Waals surface area contributed by atoms with E-state index in [1.807, 2.05) is 13.1 Å². The molecule has 0 N–H and O–H groups in total. The summed E-state index contributed by atoms with van der Waals surface area (Å²) in [6.45, 7) is 3.12. The van der Waals surface area contributed by atoms with Crippen LogP contribution in [0.5, 0.6) is 5.75 Å². The van der Waals surface area contributed by atoms with Crippen LogP contribution in [0.4, 0.5) is 5.69 Å². The molecule has 2 heterocycles. The number of carbonyl (C=O) groups is 1. The van der Waals surface area contributed by atoms with Crippen molar-refractivity contribution in [3.8, 4) is 5.75 Å². The van der Waals surface area contributed by atoms with E-state index in [0.29, 0.717) is 6.54 Å². The van der Waals surface area contributed by atoms with E-state index in [-0.39, 0.29) is 29.8 Å². The van der Waals surface area contributed by atoms with E-state index in [4.69, 9.17) is 4.74 Å². The third kappa shape index (κ3) is 4.34. The summed E-state index contributed by atoms with van der Waals surface area (Å²) in [6, 6.07) is 7.67. The van der Waals surface area contributed by atoms with Crippen LogP contribution in [0.15, 0.2) is 48.9 Å². The van der Waals surface area contributed by atoms with E-state index in [1.165, 1.54) is 16.8 Å². The Kier molecular flexibility index (Phi) is 5.68. The lowest BCUT2D eigenvalue weighted by molar-refractivity contribution is -0.386. The van der Waals surface area contributed by atoms with Crippen molar-refractivity contribution in [2.45, 2.75) is 26.7 Å². The standard InChI is InChI=1S/C18H20N6O4/c1-3-22-12-14(10-19-22)11-21(2)18(25)15-8-9-23(20-15)13-28-17-7-5-4-6-16(17)24(26)27/h4-10,12H,3,11,13H2,1-2H3. The Labute approximate surface area is 161 Å². The number of hydrogen-bond donors (Lipinski definition) is 0. The van der Waals surface area contributed by atoms with Crippen LogP contribution >= 0.6 is 0 Å². The molecule has 1 aromatic carbocycles. The van der Waals surface area contributed by atoms with E-state index < -0.39 is 4.92 Å². The molecule has 0 aliphatic rings. The predicted octanol–water partition coefficient (Wildman–Crippen LogP) is 2.32. The number of nitrogens with zero attached hydrogens (tertiary/aromatic N) is 6. The number of aromatic nitrogens is 4. The first-order chi connectivity index (χ1) is 13.5. The highest BCUT2D eigenvalue weighted by Crippen LogP contribution is 2.25. The Morgan fingerprint density at radius 1 is 1.29 bits per heavy atom. The molecule has 0 spiro atoms. The lowest BCUT2D eigenvalue weighted by Crippen LogP contribution is -2.26. The second-order valence-electron chi connectivity index (χ2n) is 6.10. The molecule has 0 radical (unpaired) electrons. The number of carbonyl (C=O) groups excluding carboxylic acids is 1. The summed E-state index contributed by atoms with van der Waals surface area (Å²) in [5.74, 6) is -0.102. The maximum absolute atomic E-state index is 12.5. The average Bonchev–Trinajstić information content (AvgIpc) is 3.35. The van der Waals surface area contributed by atoms with Crippen LogP contribution < -0.4 is 4.74 Å². The fourth-order valence-corrected chi connectivity index (χ4v) is 2.62. The molecule has 146 valence electrons. The average molecular weight is 384 g/mol. The molecular formula is C18H20N6O4. The van der Waals surface area contributed by atoms with Gasteiger partial charge in [-0.25, -0.2) is 4.68 Å². The number of nitro groups is 1. The van der Waals surface area contributed by atoms with Crippen LogP contribution in [0, 0.1) is 10.1 Å². The largest absolute Gasteiger partial charge is 0.464 e. The first kappa shape index (κ1) is 19.1. The zero-order valence-electron chi connectivity index (χ0n) is 15.6. The molecule has 0 unspecified atom stereocenters. The number of hydrogen-bond acceptors (Lipinski definition) is 6. The van der Waals surface area contributed by atoms with Crippen molar-refractivity contribution in [1.82, 2.24) is 24.5 Å². The van der Waals surface area contributed by atoms with Gasteiger partial charge in [0.15, 0.2) is 18.2 Å². The van der Waals surface area contributed by atoms with Gasteiger partial charge in [-0.3, -0.25) is 19.6 Å². The highest BCUT2D eigenvalue weighted by Gasteiger charge is 2.17. The van der Waals surface area contributed by atoms with Crippen molar-refractivity contribution in [1.29, 1.82) is 0 Å². The minimum atomic E-state index is -0.511. The van der Waals surface area contributed by atoms with Crippen LogP contribution in [-0.4, -0.2) is 42.3 Å². The van der Waals surface area contributed by atoms with Crippen LogP contribution in [0.2, 0.25) is 0 Å². The number of amides is 1. The van der Waals surface area contributed by atoms with Gasteiger partial charge >= 0.3 is 5.69 Å². The molecular weight excluding hydrogens is 364 g/mol. The predicted molar refractivity (Wildman–Crippen MR) is 99.6 cm³/mol. The molecule has 28 heavy (non-hydrogen) atoms. The second-order valence-corrected chi connectivity index (χ2v) is 6.10. The van der Waals surface area contributed by atoms with Gasteiger partial charge in [0.1, 0.15) is 0 Å². The summed E-state index contributed by atoms with van der Waals surface area (Å²) in [4.78, 5) is 24.6. The Morgan fingerprint density at radius 2 is 2.07 bits per heavy atom. The number of aryl methyl sites for hydroxylation is 1. The molecule has 10 nitrogen and oxygen atoms in total. The van der Waals surface area contributed by atoms with Gasteiger partial charge in [-0.05, 0) is 19.1 Å². The third-order valence-electron chi connectivity index (χ3n) is 4.05. The summed E-state index contributed by atoms with van der Waals surface area (Å²) in [5.41, 5.74) is 1.06. The molecule has 1 amide bonds. The molecule has 0 saturated heterocycles. The van der Waals surface area contributed by atoms with Gasteiger partial charge in [0.25, 0.3) is 5.91 Å². The van der Waals surface area contributed by atoms with Crippen molar-refractivity contribution in [2.24, 2.45) is 0 Å². The van der Waals surface area contributed by atoms with Crippen molar-refractivity contribution in [3.63, 3.8) is 0 Å². The quantitative estimate of drug-likeness (QED) is 0.436. The molecule has 2 aromatic heterocycles. The molecule has 0 saturated carbocycles. The van der Waals surface area contributed by atoms with Gasteiger partial charge in [0.05, 0.1) is 11.1 Å². The molecule has 0 bridgehead atoms. The monoisotopic (exact) mass is 384 g/mol. The number of benzene rings is 1. The lowest BCUT2D eigenvalue weighted by atomic mass is 10.3. The molecule has 0 fully saturated rings. The fourth-order valence-electron chi connectivity index (χ4n) is 2.62. The first-order valence-corrected chi connectivity index (χ1v) is 8.64.